The number of likely N-dealkylation sites (N-methyl/N-ethyl adjacent to an activating group) is 1. The average molecular weight is 333 g/mol. The fourth-order valence-corrected chi connectivity index (χ4v) is 2.35. The van der Waals surface area contributed by atoms with E-state index in [1.165, 1.54) is 0 Å². The number of nitrogens with zero attached hydrogens (tertiary/aromatic N) is 3. The van der Waals surface area contributed by atoms with Crippen molar-refractivity contribution in [3.8, 4) is 17.1 Å². The summed E-state index contributed by atoms with van der Waals surface area (Å²) in [6.07, 6.45) is 2.58. The van der Waals surface area contributed by atoms with Crippen LogP contribution in [0.5, 0.6) is 5.75 Å². The predicted octanol–water partition coefficient (Wildman–Crippen LogP) is 3.47. The van der Waals surface area contributed by atoms with Crippen LogP contribution in [0.4, 0.5) is 5.82 Å². The molecule has 2 aromatic carbocycles. The molecule has 0 saturated heterocycles. The molecule has 0 fully saturated rings. The first-order chi connectivity index (χ1) is 12.3. The second kappa shape index (κ2) is 8.06. The van der Waals surface area contributed by atoms with Gasteiger partial charge in [0.25, 0.3) is 0 Å². The lowest BCUT2D eigenvalue weighted by molar-refractivity contribution is 0.112. The Morgan fingerprint density at radius 2 is 1.80 bits per heavy atom. The van der Waals surface area contributed by atoms with Crippen molar-refractivity contribution >= 4 is 12.1 Å². The van der Waals surface area contributed by atoms with Crippen molar-refractivity contribution in [3.05, 3.63) is 72.4 Å². The van der Waals surface area contributed by atoms with E-state index in [1.807, 2.05) is 48.3 Å². The quantitative estimate of drug-likeness (QED) is 0.620. The van der Waals surface area contributed by atoms with Crippen LogP contribution in [0.15, 0.2) is 66.9 Å². The summed E-state index contributed by atoms with van der Waals surface area (Å²) in [4.78, 5) is 21.6. The fraction of sp³-hybridized carbons (Fsp3) is 0.150. The Morgan fingerprint density at radius 1 is 1.04 bits per heavy atom. The summed E-state index contributed by atoms with van der Waals surface area (Å²) in [6, 6.07) is 18.8. The van der Waals surface area contributed by atoms with Crippen LogP contribution in [0.1, 0.15) is 10.4 Å². The lowest BCUT2D eigenvalue weighted by atomic mass is 10.2. The summed E-state index contributed by atoms with van der Waals surface area (Å²) >= 11 is 0. The molecule has 0 radical (unpaired) electrons. The van der Waals surface area contributed by atoms with E-state index >= 15 is 0 Å². The molecule has 1 aromatic heterocycles. The van der Waals surface area contributed by atoms with Gasteiger partial charge in [0.15, 0.2) is 5.82 Å². The van der Waals surface area contributed by atoms with E-state index in [4.69, 9.17) is 4.74 Å². The van der Waals surface area contributed by atoms with Crippen LogP contribution in [0.25, 0.3) is 11.4 Å². The Morgan fingerprint density at radius 3 is 2.52 bits per heavy atom. The molecule has 5 nitrogen and oxygen atoms in total. The molecule has 0 aliphatic heterocycles. The lowest BCUT2D eigenvalue weighted by Crippen LogP contribution is -2.24. The number of ether oxygens (including phenoxy) is 1. The van der Waals surface area contributed by atoms with Crippen molar-refractivity contribution in [2.45, 2.75) is 0 Å². The van der Waals surface area contributed by atoms with Crippen molar-refractivity contribution in [2.24, 2.45) is 0 Å². The van der Waals surface area contributed by atoms with Crippen LogP contribution >= 0.6 is 0 Å². The number of anilines is 1. The van der Waals surface area contributed by atoms with Gasteiger partial charge < -0.3 is 9.64 Å². The summed E-state index contributed by atoms with van der Waals surface area (Å²) < 4.78 is 5.71. The second-order valence-corrected chi connectivity index (χ2v) is 5.56. The molecule has 126 valence electrons. The van der Waals surface area contributed by atoms with E-state index in [2.05, 4.69) is 9.97 Å². The topological polar surface area (TPSA) is 55.3 Å². The minimum atomic E-state index is 0.515. The minimum absolute atomic E-state index is 0.515. The van der Waals surface area contributed by atoms with Crippen molar-refractivity contribution < 1.29 is 9.53 Å². The first kappa shape index (κ1) is 16.6. The molecule has 0 spiro atoms. The van der Waals surface area contributed by atoms with Crippen molar-refractivity contribution in [1.29, 1.82) is 0 Å². The highest BCUT2D eigenvalue weighted by atomic mass is 16.5. The van der Waals surface area contributed by atoms with Crippen LogP contribution in [0.3, 0.4) is 0 Å². The van der Waals surface area contributed by atoms with Gasteiger partial charge in [0, 0.05) is 24.4 Å². The maximum Gasteiger partial charge on any atom is 0.161 e. The second-order valence-electron chi connectivity index (χ2n) is 5.56. The molecular weight excluding hydrogens is 314 g/mol. The van der Waals surface area contributed by atoms with Gasteiger partial charge in [-0.2, -0.15) is 0 Å². The maximum absolute atomic E-state index is 10.6. The summed E-state index contributed by atoms with van der Waals surface area (Å²) in [5.41, 5.74) is 1.63. The summed E-state index contributed by atoms with van der Waals surface area (Å²) in [6.45, 7) is 1.20. The zero-order valence-electron chi connectivity index (χ0n) is 14.0. The predicted molar refractivity (Wildman–Crippen MR) is 98.1 cm³/mol. The molecule has 5 heteroatoms. The smallest absolute Gasteiger partial charge is 0.161 e. The number of rotatable bonds is 7. The van der Waals surface area contributed by atoms with Crippen LogP contribution in [-0.4, -0.2) is 36.5 Å². The molecule has 0 saturated carbocycles. The monoisotopic (exact) mass is 333 g/mol. The summed E-state index contributed by atoms with van der Waals surface area (Å²) in [7, 11) is 1.97. The molecule has 0 aliphatic rings. The van der Waals surface area contributed by atoms with Gasteiger partial charge in [-0.1, -0.05) is 30.3 Å². The maximum atomic E-state index is 10.6. The standard InChI is InChI=1S/C20H19N3O2/c1-23(13-14-25-18-9-7-16(15-24)8-10-18)19-11-12-21-20(22-19)17-5-3-2-4-6-17/h2-12,15H,13-14H2,1H3. The van der Waals surface area contributed by atoms with Gasteiger partial charge in [-0.25, -0.2) is 9.97 Å². The van der Waals surface area contributed by atoms with Gasteiger partial charge in [-0.15, -0.1) is 0 Å². The van der Waals surface area contributed by atoms with Crippen molar-refractivity contribution in [1.82, 2.24) is 9.97 Å². The number of carbonyl (C=O) groups is 1. The van der Waals surface area contributed by atoms with Crippen LogP contribution < -0.4 is 9.64 Å². The Kier molecular flexibility index (Phi) is 5.36. The number of aldehydes is 1. The van der Waals surface area contributed by atoms with E-state index < -0.39 is 0 Å². The van der Waals surface area contributed by atoms with Crippen LogP contribution in [0, 0.1) is 0 Å². The van der Waals surface area contributed by atoms with E-state index in [0.717, 1.165) is 23.4 Å². The molecule has 3 rings (SSSR count). The van der Waals surface area contributed by atoms with E-state index in [-0.39, 0.29) is 0 Å². The summed E-state index contributed by atoms with van der Waals surface area (Å²) in [5, 5.41) is 0. The molecular formula is C20H19N3O2. The highest BCUT2D eigenvalue weighted by Gasteiger charge is 2.06. The van der Waals surface area contributed by atoms with Crippen molar-refractivity contribution in [2.75, 3.05) is 25.1 Å². The highest BCUT2D eigenvalue weighted by Crippen LogP contribution is 2.17. The highest BCUT2D eigenvalue weighted by molar-refractivity contribution is 5.74. The first-order valence-electron chi connectivity index (χ1n) is 8.04. The average Bonchev–Trinajstić information content (AvgIpc) is 2.69. The largest absolute Gasteiger partial charge is 0.492 e. The van der Waals surface area contributed by atoms with Gasteiger partial charge in [0.2, 0.25) is 0 Å². The molecule has 0 aliphatic carbocycles. The van der Waals surface area contributed by atoms with E-state index in [9.17, 15) is 4.79 Å². The molecule has 1 heterocycles. The molecule has 3 aromatic rings. The number of benzene rings is 2. The zero-order valence-corrected chi connectivity index (χ0v) is 14.0. The number of carbonyl (C=O) groups excluding carboxylic acids is 1. The summed E-state index contributed by atoms with van der Waals surface area (Å²) in [5.74, 6) is 2.29. The van der Waals surface area contributed by atoms with E-state index in [1.54, 1.807) is 30.5 Å². The SMILES string of the molecule is CN(CCOc1ccc(C=O)cc1)c1ccnc(-c2ccccc2)n1. The van der Waals surface area contributed by atoms with Gasteiger partial charge in [0.05, 0.1) is 6.54 Å². The fourth-order valence-electron chi connectivity index (χ4n) is 2.35. The molecule has 0 bridgehead atoms. The van der Waals surface area contributed by atoms with Gasteiger partial charge in [-0.05, 0) is 30.3 Å². The third-order valence-corrected chi connectivity index (χ3v) is 3.78. The van der Waals surface area contributed by atoms with Gasteiger partial charge >= 0.3 is 0 Å². The molecule has 0 N–H and O–H groups in total. The Labute approximate surface area is 146 Å². The van der Waals surface area contributed by atoms with Gasteiger partial charge in [-0.3, -0.25) is 4.79 Å². The first-order valence-corrected chi connectivity index (χ1v) is 8.04. The molecule has 0 amide bonds. The van der Waals surface area contributed by atoms with Gasteiger partial charge in [0.1, 0.15) is 24.5 Å². The molecule has 0 unspecified atom stereocenters. The number of hydrogen-bond donors (Lipinski definition) is 0. The molecule has 25 heavy (non-hydrogen) atoms. The zero-order chi connectivity index (χ0) is 17.5. The number of hydrogen-bond acceptors (Lipinski definition) is 5. The van der Waals surface area contributed by atoms with Crippen LogP contribution in [0.2, 0.25) is 0 Å². The lowest BCUT2D eigenvalue weighted by Gasteiger charge is -2.18. The minimum Gasteiger partial charge on any atom is -0.492 e. The Hall–Kier alpha value is -3.21. The van der Waals surface area contributed by atoms with Crippen LogP contribution in [-0.2, 0) is 0 Å². The Balaban J connectivity index is 1.59. The number of aromatic nitrogens is 2. The third kappa shape index (κ3) is 4.41. The van der Waals surface area contributed by atoms with Crippen molar-refractivity contribution in [3.63, 3.8) is 0 Å². The Bertz CT molecular complexity index is 820. The molecule has 0 atom stereocenters. The van der Waals surface area contributed by atoms with E-state index in [0.29, 0.717) is 24.5 Å². The third-order valence-electron chi connectivity index (χ3n) is 3.78. The normalized spacial score (nSPS) is 10.3.